The van der Waals surface area contributed by atoms with Crippen molar-refractivity contribution in [3.05, 3.63) is 53.8 Å². The Bertz CT molecular complexity index is 796. The van der Waals surface area contributed by atoms with Crippen molar-refractivity contribution >= 4 is 23.2 Å². The highest BCUT2D eigenvalue weighted by Crippen LogP contribution is 2.26. The summed E-state index contributed by atoms with van der Waals surface area (Å²) in [5.74, 6) is 0.869. The molecule has 0 saturated carbocycles. The normalized spacial score (nSPS) is 10.3. The van der Waals surface area contributed by atoms with Gasteiger partial charge >= 0.3 is 0 Å². The minimum absolute atomic E-state index is 0.412. The molecule has 7 heteroatoms. The monoisotopic (exact) mass is 313 g/mol. The van der Waals surface area contributed by atoms with E-state index < -0.39 is 0 Å². The van der Waals surface area contributed by atoms with Gasteiger partial charge in [-0.25, -0.2) is 9.97 Å². The van der Waals surface area contributed by atoms with Gasteiger partial charge in [0, 0.05) is 16.9 Å². The van der Waals surface area contributed by atoms with Crippen LogP contribution in [-0.2, 0) is 0 Å². The molecule has 0 radical (unpaired) electrons. The van der Waals surface area contributed by atoms with Crippen molar-refractivity contribution in [1.29, 1.82) is 0 Å². The highest BCUT2D eigenvalue weighted by atomic mass is 35.5. The Morgan fingerprint density at radius 2 is 2.05 bits per heavy atom. The molecule has 0 aliphatic rings. The van der Waals surface area contributed by atoms with Crippen LogP contribution in [-0.4, -0.2) is 27.3 Å². The molecule has 1 N–H and O–H groups in total. The number of hydrogen-bond donors (Lipinski definition) is 1. The summed E-state index contributed by atoms with van der Waals surface area (Å²) in [6.07, 6.45) is 3.25. The van der Waals surface area contributed by atoms with E-state index in [9.17, 15) is 0 Å². The van der Waals surface area contributed by atoms with Gasteiger partial charge in [0.15, 0.2) is 0 Å². The highest BCUT2D eigenvalue weighted by molar-refractivity contribution is 6.30. The van der Waals surface area contributed by atoms with Gasteiger partial charge in [-0.1, -0.05) is 17.7 Å². The fourth-order valence-electron chi connectivity index (χ4n) is 1.93. The number of methoxy groups -OCH3 is 1. The van der Waals surface area contributed by atoms with Crippen molar-refractivity contribution in [2.24, 2.45) is 0 Å². The first-order valence-electron chi connectivity index (χ1n) is 6.48. The van der Waals surface area contributed by atoms with Crippen LogP contribution in [0.15, 0.2) is 48.8 Å². The standard InChI is InChI=1S/C15H12ClN5O/c1-22-14-12(5-8-18-21-14)13-6-7-17-15(20-13)19-11-4-2-3-10(16)9-11/h2-9H,1H3,(H,17,19,20). The summed E-state index contributed by atoms with van der Waals surface area (Å²) < 4.78 is 5.20. The van der Waals surface area contributed by atoms with Gasteiger partial charge in [-0.3, -0.25) is 0 Å². The summed E-state index contributed by atoms with van der Waals surface area (Å²) in [6, 6.07) is 10.9. The minimum Gasteiger partial charge on any atom is -0.479 e. The van der Waals surface area contributed by atoms with Gasteiger partial charge in [0.25, 0.3) is 0 Å². The molecule has 3 rings (SSSR count). The average Bonchev–Trinajstić information content (AvgIpc) is 2.55. The van der Waals surface area contributed by atoms with E-state index in [2.05, 4.69) is 25.5 Å². The second-order valence-corrected chi connectivity index (χ2v) is 4.79. The van der Waals surface area contributed by atoms with E-state index in [-0.39, 0.29) is 0 Å². The third-order valence-corrected chi connectivity index (χ3v) is 3.13. The molecule has 0 saturated heterocycles. The van der Waals surface area contributed by atoms with Crippen LogP contribution >= 0.6 is 11.6 Å². The van der Waals surface area contributed by atoms with Gasteiger partial charge in [0.05, 0.1) is 24.6 Å². The van der Waals surface area contributed by atoms with Gasteiger partial charge in [-0.05, 0) is 30.3 Å². The third-order valence-electron chi connectivity index (χ3n) is 2.89. The number of anilines is 2. The van der Waals surface area contributed by atoms with E-state index in [1.165, 1.54) is 0 Å². The Morgan fingerprint density at radius 1 is 1.14 bits per heavy atom. The number of aromatic nitrogens is 4. The van der Waals surface area contributed by atoms with Gasteiger partial charge in [-0.2, -0.15) is 5.10 Å². The summed E-state index contributed by atoms with van der Waals surface area (Å²) >= 11 is 5.97. The molecule has 0 bridgehead atoms. The molecule has 2 aromatic heterocycles. The summed E-state index contributed by atoms with van der Waals surface area (Å²) in [6.45, 7) is 0. The Morgan fingerprint density at radius 3 is 2.86 bits per heavy atom. The Hall–Kier alpha value is -2.73. The Balaban J connectivity index is 1.93. The van der Waals surface area contributed by atoms with E-state index in [4.69, 9.17) is 16.3 Å². The zero-order valence-electron chi connectivity index (χ0n) is 11.7. The molecular formula is C15H12ClN5O. The fraction of sp³-hybridized carbons (Fsp3) is 0.0667. The van der Waals surface area contributed by atoms with E-state index in [0.717, 1.165) is 11.3 Å². The van der Waals surface area contributed by atoms with Crippen molar-refractivity contribution in [2.75, 3.05) is 12.4 Å². The Kier molecular flexibility index (Phi) is 4.11. The van der Waals surface area contributed by atoms with Crippen molar-refractivity contribution in [3.63, 3.8) is 0 Å². The van der Waals surface area contributed by atoms with E-state index in [1.54, 1.807) is 43.8 Å². The molecule has 0 unspecified atom stereocenters. The number of benzene rings is 1. The first kappa shape index (κ1) is 14.2. The molecule has 110 valence electrons. The maximum Gasteiger partial charge on any atom is 0.242 e. The summed E-state index contributed by atoms with van der Waals surface area (Å²) in [7, 11) is 1.54. The molecular weight excluding hydrogens is 302 g/mol. The van der Waals surface area contributed by atoms with E-state index in [0.29, 0.717) is 22.5 Å². The van der Waals surface area contributed by atoms with Crippen LogP contribution in [0.3, 0.4) is 0 Å². The second kappa shape index (κ2) is 6.36. The number of nitrogens with zero attached hydrogens (tertiary/aromatic N) is 4. The van der Waals surface area contributed by atoms with Crippen LogP contribution in [0, 0.1) is 0 Å². The van der Waals surface area contributed by atoms with Crippen LogP contribution in [0.4, 0.5) is 11.6 Å². The number of rotatable bonds is 4. The molecule has 1 aromatic carbocycles. The lowest BCUT2D eigenvalue weighted by Crippen LogP contribution is -1.99. The van der Waals surface area contributed by atoms with Crippen LogP contribution in [0.1, 0.15) is 0 Å². The zero-order valence-corrected chi connectivity index (χ0v) is 12.4. The molecule has 0 atom stereocenters. The van der Waals surface area contributed by atoms with Gasteiger partial charge in [0.2, 0.25) is 11.8 Å². The molecule has 2 heterocycles. The first-order chi connectivity index (χ1) is 10.8. The summed E-state index contributed by atoms with van der Waals surface area (Å²) in [5, 5.41) is 11.5. The highest BCUT2D eigenvalue weighted by Gasteiger charge is 2.09. The number of hydrogen-bond acceptors (Lipinski definition) is 6. The molecule has 0 amide bonds. The van der Waals surface area contributed by atoms with Crippen molar-refractivity contribution in [2.45, 2.75) is 0 Å². The largest absolute Gasteiger partial charge is 0.479 e. The van der Waals surface area contributed by atoms with Crippen molar-refractivity contribution < 1.29 is 4.74 Å². The maximum absolute atomic E-state index is 5.97. The number of halogens is 1. The summed E-state index contributed by atoms with van der Waals surface area (Å²) in [5.41, 5.74) is 2.24. The summed E-state index contributed by atoms with van der Waals surface area (Å²) in [4.78, 5) is 8.67. The molecule has 22 heavy (non-hydrogen) atoms. The average molecular weight is 314 g/mol. The minimum atomic E-state index is 0.412. The van der Waals surface area contributed by atoms with Crippen molar-refractivity contribution in [1.82, 2.24) is 20.2 Å². The number of ether oxygens (including phenoxy) is 1. The van der Waals surface area contributed by atoms with Gasteiger partial charge in [0.1, 0.15) is 0 Å². The molecule has 3 aromatic rings. The lowest BCUT2D eigenvalue weighted by atomic mass is 10.2. The second-order valence-electron chi connectivity index (χ2n) is 4.35. The quantitative estimate of drug-likeness (QED) is 0.796. The van der Waals surface area contributed by atoms with Gasteiger partial charge < -0.3 is 10.1 Å². The van der Waals surface area contributed by atoms with Crippen LogP contribution in [0.25, 0.3) is 11.3 Å². The van der Waals surface area contributed by atoms with E-state index >= 15 is 0 Å². The third kappa shape index (κ3) is 3.12. The fourth-order valence-corrected chi connectivity index (χ4v) is 2.12. The molecule has 0 aliphatic carbocycles. The zero-order chi connectivity index (χ0) is 15.4. The Labute approximate surface area is 132 Å². The lowest BCUT2D eigenvalue weighted by Gasteiger charge is -2.08. The van der Waals surface area contributed by atoms with Crippen molar-refractivity contribution in [3.8, 4) is 17.1 Å². The molecule has 0 spiro atoms. The predicted molar refractivity (Wildman–Crippen MR) is 84.3 cm³/mol. The maximum atomic E-state index is 5.97. The predicted octanol–water partition coefficient (Wildman–Crippen LogP) is 3.34. The SMILES string of the molecule is COc1nnccc1-c1ccnc(Nc2cccc(Cl)c2)n1. The molecule has 0 aliphatic heterocycles. The first-order valence-corrected chi connectivity index (χ1v) is 6.86. The lowest BCUT2D eigenvalue weighted by molar-refractivity contribution is 0.393. The van der Waals surface area contributed by atoms with E-state index in [1.807, 2.05) is 12.1 Å². The topological polar surface area (TPSA) is 72.8 Å². The van der Waals surface area contributed by atoms with Gasteiger partial charge in [-0.15, -0.1) is 5.10 Å². The van der Waals surface area contributed by atoms with Crippen LogP contribution in [0.2, 0.25) is 5.02 Å². The van der Waals surface area contributed by atoms with Crippen LogP contribution < -0.4 is 10.1 Å². The number of nitrogens with one attached hydrogen (secondary N) is 1. The molecule has 6 nitrogen and oxygen atoms in total. The molecule has 0 fully saturated rings. The van der Waals surface area contributed by atoms with Crippen LogP contribution in [0.5, 0.6) is 5.88 Å². The smallest absolute Gasteiger partial charge is 0.242 e.